The van der Waals surface area contributed by atoms with Gasteiger partial charge in [0.05, 0.1) is 24.5 Å². The van der Waals surface area contributed by atoms with Gasteiger partial charge in [-0.25, -0.2) is 9.97 Å². The largest absolute Gasteiger partial charge is 0.497 e. The molecule has 0 saturated heterocycles. The highest BCUT2D eigenvalue weighted by Crippen LogP contribution is 2.34. The molecule has 0 aliphatic heterocycles. The number of aromatic nitrogens is 3. The average molecular weight is 567 g/mol. The summed E-state index contributed by atoms with van der Waals surface area (Å²) < 4.78 is 5.25. The Labute approximate surface area is 241 Å². The Bertz CT molecular complexity index is 1260. The van der Waals surface area contributed by atoms with Crippen LogP contribution in [-0.2, 0) is 13.0 Å². The van der Waals surface area contributed by atoms with Gasteiger partial charge < -0.3 is 25.6 Å². The number of nitrogens with zero attached hydrogens (tertiary/aromatic N) is 4. The number of aliphatic hydroxyl groups excluding tert-OH is 2. The molecule has 216 valence electrons. The number of anilines is 2. The molecule has 0 amide bonds. The van der Waals surface area contributed by atoms with Crippen molar-refractivity contribution in [3.05, 3.63) is 58.9 Å². The maximum absolute atomic E-state index is 10.3. The Morgan fingerprint density at radius 2 is 1.98 bits per heavy atom. The molecule has 0 radical (unpaired) electrons. The number of nitrogens with one attached hydrogen (secondary N) is 2. The summed E-state index contributed by atoms with van der Waals surface area (Å²) in [6.07, 6.45) is 8.49. The summed E-state index contributed by atoms with van der Waals surface area (Å²) in [4.78, 5) is 19.9. The van der Waals surface area contributed by atoms with Crippen LogP contribution in [0.3, 0.4) is 0 Å². The van der Waals surface area contributed by atoms with E-state index in [2.05, 4.69) is 29.5 Å². The van der Waals surface area contributed by atoms with Gasteiger partial charge in [0, 0.05) is 48.6 Å². The van der Waals surface area contributed by atoms with E-state index in [9.17, 15) is 10.2 Å². The first-order valence-corrected chi connectivity index (χ1v) is 14.6. The van der Waals surface area contributed by atoms with Gasteiger partial charge in [-0.1, -0.05) is 32.1 Å². The van der Waals surface area contributed by atoms with Gasteiger partial charge >= 0.3 is 0 Å². The van der Waals surface area contributed by atoms with Crippen molar-refractivity contribution in [2.24, 2.45) is 4.99 Å². The fourth-order valence-corrected chi connectivity index (χ4v) is 5.00. The second kappa shape index (κ2) is 16.1. The topological polar surface area (TPSA) is 125 Å². The molecule has 0 spiro atoms. The van der Waals surface area contributed by atoms with Gasteiger partial charge in [0.25, 0.3) is 0 Å². The number of benzene rings is 1. The standard InChI is InChI=1S/C30H42N6O3S/c1-6-20(3)31-15-8-9-26-19-32-29(40-26)27-21(4)34-30(33-18-22-10-12-25(39-5)13-11-22)36-28(27)35-23(7-2)17-24(38)14-16-37/h8,10-13,15,19,23-24,37-38H,6-7,9,14,16-18H2,1-5H3,(H2,33,34,35,36)/t23-,24?/m1/s1. The third kappa shape index (κ3) is 9.39. The molecule has 3 rings (SSSR count). The minimum Gasteiger partial charge on any atom is -0.497 e. The second-order valence-corrected chi connectivity index (χ2v) is 10.8. The molecular formula is C30H42N6O3S. The third-order valence-electron chi connectivity index (χ3n) is 6.55. The monoisotopic (exact) mass is 566 g/mol. The van der Waals surface area contributed by atoms with Crippen molar-refractivity contribution in [1.82, 2.24) is 15.0 Å². The zero-order valence-corrected chi connectivity index (χ0v) is 25.0. The number of hydrogen-bond donors (Lipinski definition) is 4. The summed E-state index contributed by atoms with van der Waals surface area (Å²) in [6, 6.07) is 7.82. The van der Waals surface area contributed by atoms with Crippen molar-refractivity contribution in [2.45, 2.75) is 78.5 Å². The quantitative estimate of drug-likeness (QED) is 0.161. The first-order chi connectivity index (χ1) is 19.4. The zero-order valence-electron chi connectivity index (χ0n) is 24.1. The van der Waals surface area contributed by atoms with E-state index in [-0.39, 0.29) is 12.6 Å². The first kappa shape index (κ1) is 31.2. The Hall–Kier alpha value is -3.34. The molecule has 2 heterocycles. The molecule has 2 aromatic heterocycles. The molecule has 9 nitrogen and oxygen atoms in total. The van der Waals surface area contributed by atoms with Crippen LogP contribution in [0.5, 0.6) is 5.75 Å². The van der Waals surface area contributed by atoms with Gasteiger partial charge in [0.2, 0.25) is 5.95 Å². The van der Waals surface area contributed by atoms with Crippen molar-refractivity contribution in [3.8, 4) is 16.3 Å². The number of rotatable bonds is 16. The summed E-state index contributed by atoms with van der Waals surface area (Å²) in [5.41, 5.74) is 3.83. The summed E-state index contributed by atoms with van der Waals surface area (Å²) in [5.74, 6) is 1.99. The molecule has 0 aliphatic rings. The van der Waals surface area contributed by atoms with Crippen LogP contribution >= 0.6 is 11.3 Å². The highest BCUT2D eigenvalue weighted by molar-refractivity contribution is 7.15. The van der Waals surface area contributed by atoms with Gasteiger partial charge in [0.15, 0.2) is 0 Å². The molecule has 0 bridgehead atoms. The van der Waals surface area contributed by atoms with Crippen LogP contribution in [-0.4, -0.2) is 56.7 Å². The predicted octanol–water partition coefficient (Wildman–Crippen LogP) is 5.78. The number of ether oxygens (including phenoxy) is 1. The summed E-state index contributed by atoms with van der Waals surface area (Å²) in [5, 5.41) is 27.3. The van der Waals surface area contributed by atoms with Crippen LogP contribution < -0.4 is 15.4 Å². The Balaban J connectivity index is 1.87. The fourth-order valence-electron chi connectivity index (χ4n) is 4.01. The Morgan fingerprint density at radius 1 is 1.20 bits per heavy atom. The summed E-state index contributed by atoms with van der Waals surface area (Å²) >= 11 is 1.61. The van der Waals surface area contributed by atoms with E-state index in [1.165, 1.54) is 0 Å². The molecular weight excluding hydrogens is 524 g/mol. The van der Waals surface area contributed by atoms with Crippen LogP contribution in [0.15, 0.2) is 47.7 Å². The molecule has 0 aliphatic carbocycles. The van der Waals surface area contributed by atoms with Gasteiger partial charge in [0.1, 0.15) is 16.6 Å². The van der Waals surface area contributed by atoms with Gasteiger partial charge in [-0.3, -0.25) is 4.99 Å². The lowest BCUT2D eigenvalue weighted by Crippen LogP contribution is -2.26. The smallest absolute Gasteiger partial charge is 0.225 e. The van der Waals surface area contributed by atoms with Gasteiger partial charge in [-0.15, -0.1) is 11.3 Å². The Kier molecular flexibility index (Phi) is 12.5. The molecule has 0 saturated carbocycles. The lowest BCUT2D eigenvalue weighted by molar-refractivity contribution is 0.120. The number of methoxy groups -OCH3 is 1. The molecule has 2 atom stereocenters. The maximum atomic E-state index is 10.3. The van der Waals surface area contributed by atoms with Crippen LogP contribution in [0.2, 0.25) is 0 Å². The zero-order chi connectivity index (χ0) is 28.9. The van der Waals surface area contributed by atoms with E-state index in [1.807, 2.05) is 56.6 Å². The normalized spacial score (nSPS) is 13.4. The molecule has 1 aromatic carbocycles. The first-order valence-electron chi connectivity index (χ1n) is 13.8. The number of thiazole rings is 1. The molecule has 3 aromatic rings. The number of aliphatic imine (C=N–C) groups is 1. The van der Waals surface area contributed by atoms with Gasteiger partial charge in [-0.2, -0.15) is 4.98 Å². The van der Waals surface area contributed by atoms with Crippen molar-refractivity contribution >= 4 is 28.8 Å². The second-order valence-electron chi connectivity index (χ2n) is 9.65. The van der Waals surface area contributed by atoms with Crippen molar-refractivity contribution in [1.29, 1.82) is 0 Å². The lowest BCUT2D eigenvalue weighted by Gasteiger charge is -2.23. The van der Waals surface area contributed by atoms with Crippen LogP contribution in [0.25, 0.3) is 10.6 Å². The van der Waals surface area contributed by atoms with E-state index in [4.69, 9.17) is 19.7 Å². The van der Waals surface area contributed by atoms with Crippen LogP contribution in [0.1, 0.15) is 62.6 Å². The number of allylic oxidation sites excluding steroid dienone is 1. The van der Waals surface area contributed by atoms with E-state index in [0.717, 1.165) is 57.4 Å². The third-order valence-corrected chi connectivity index (χ3v) is 7.59. The molecule has 4 N–H and O–H groups in total. The van der Waals surface area contributed by atoms with E-state index < -0.39 is 6.10 Å². The highest BCUT2D eigenvalue weighted by atomic mass is 32.1. The molecule has 0 fully saturated rings. The average Bonchev–Trinajstić information content (AvgIpc) is 3.42. The minimum atomic E-state index is -0.598. The van der Waals surface area contributed by atoms with Crippen molar-refractivity contribution in [2.75, 3.05) is 24.4 Å². The van der Waals surface area contributed by atoms with Crippen LogP contribution in [0.4, 0.5) is 11.8 Å². The number of aliphatic hydroxyl groups is 2. The Morgan fingerprint density at radius 3 is 2.65 bits per heavy atom. The number of hydrogen-bond acceptors (Lipinski definition) is 10. The van der Waals surface area contributed by atoms with Crippen molar-refractivity contribution < 1.29 is 14.9 Å². The van der Waals surface area contributed by atoms with E-state index in [0.29, 0.717) is 31.2 Å². The minimum absolute atomic E-state index is 0.0360. The van der Waals surface area contributed by atoms with Gasteiger partial charge in [-0.05, 0) is 57.2 Å². The highest BCUT2D eigenvalue weighted by Gasteiger charge is 2.21. The summed E-state index contributed by atoms with van der Waals surface area (Å²) in [7, 11) is 1.65. The number of aryl methyl sites for hydroxylation is 1. The van der Waals surface area contributed by atoms with Crippen LogP contribution in [0, 0.1) is 6.92 Å². The maximum Gasteiger partial charge on any atom is 0.225 e. The van der Waals surface area contributed by atoms with E-state index in [1.54, 1.807) is 18.4 Å². The van der Waals surface area contributed by atoms with Crippen molar-refractivity contribution in [3.63, 3.8) is 0 Å². The molecule has 40 heavy (non-hydrogen) atoms. The molecule has 10 heteroatoms. The summed E-state index contributed by atoms with van der Waals surface area (Å²) in [6.45, 7) is 8.65. The lowest BCUT2D eigenvalue weighted by atomic mass is 10.0. The predicted molar refractivity (Wildman–Crippen MR) is 164 cm³/mol. The SMILES string of the molecule is CCC(C)=NC=CCc1cnc(-c2c(C)nc(NCc3ccc(OC)cc3)nc2N[C@H](CC)CC(O)CCO)s1. The molecule has 1 unspecified atom stereocenters. The fraction of sp³-hybridized carbons (Fsp3) is 0.467. The van der Waals surface area contributed by atoms with E-state index >= 15 is 0 Å².